The molecule has 1 amide bonds. The third-order valence-corrected chi connectivity index (χ3v) is 3.83. The van der Waals surface area contributed by atoms with Crippen LogP contribution in [0.2, 0.25) is 0 Å². The van der Waals surface area contributed by atoms with E-state index in [1.807, 2.05) is 37.3 Å². The van der Waals surface area contributed by atoms with E-state index in [4.69, 9.17) is 4.42 Å². The number of aryl methyl sites for hydroxylation is 1. The second-order valence-electron chi connectivity index (χ2n) is 5.50. The van der Waals surface area contributed by atoms with Gasteiger partial charge in [0.25, 0.3) is 5.91 Å². The second-order valence-corrected chi connectivity index (χ2v) is 5.50. The molecule has 3 heterocycles. The van der Waals surface area contributed by atoms with E-state index < -0.39 is 0 Å². The van der Waals surface area contributed by atoms with E-state index in [1.165, 1.54) is 6.21 Å². The van der Waals surface area contributed by atoms with Gasteiger partial charge in [-0.2, -0.15) is 5.10 Å². The minimum absolute atomic E-state index is 0.222. The SMILES string of the molecule is Cc1ccc(C=N/N=C2\C(=O)N(c3ccncc3)c3ccccc32)o1. The van der Waals surface area contributed by atoms with Gasteiger partial charge < -0.3 is 4.42 Å². The Morgan fingerprint density at radius 1 is 1.08 bits per heavy atom. The molecule has 0 saturated heterocycles. The zero-order chi connectivity index (χ0) is 17.2. The molecule has 122 valence electrons. The van der Waals surface area contributed by atoms with Gasteiger partial charge >= 0.3 is 0 Å². The van der Waals surface area contributed by atoms with Crippen molar-refractivity contribution in [1.82, 2.24) is 4.98 Å². The Bertz CT molecular complexity index is 989. The smallest absolute Gasteiger partial charge is 0.284 e. The molecule has 3 aromatic rings. The Morgan fingerprint density at radius 2 is 1.88 bits per heavy atom. The van der Waals surface area contributed by atoms with E-state index in [0.717, 1.165) is 22.7 Å². The lowest BCUT2D eigenvalue weighted by atomic mass is 10.1. The highest BCUT2D eigenvalue weighted by Crippen LogP contribution is 2.35. The van der Waals surface area contributed by atoms with Crippen molar-refractivity contribution < 1.29 is 9.21 Å². The van der Waals surface area contributed by atoms with Crippen molar-refractivity contribution in [2.24, 2.45) is 10.2 Å². The number of nitrogens with zero attached hydrogens (tertiary/aromatic N) is 4. The van der Waals surface area contributed by atoms with Crippen molar-refractivity contribution in [3.8, 4) is 0 Å². The number of hydrogen-bond acceptors (Lipinski definition) is 5. The number of furan rings is 1. The van der Waals surface area contributed by atoms with Crippen LogP contribution in [-0.4, -0.2) is 22.8 Å². The second kappa shape index (κ2) is 6.16. The summed E-state index contributed by atoms with van der Waals surface area (Å²) in [5.41, 5.74) is 2.56. The van der Waals surface area contributed by atoms with Crippen molar-refractivity contribution >= 4 is 29.2 Å². The first-order valence-corrected chi connectivity index (χ1v) is 7.75. The molecule has 6 nitrogen and oxygen atoms in total. The number of rotatable bonds is 3. The molecule has 0 N–H and O–H groups in total. The number of pyridine rings is 1. The largest absolute Gasteiger partial charge is 0.460 e. The van der Waals surface area contributed by atoms with E-state index in [0.29, 0.717) is 11.5 Å². The number of fused-ring (bicyclic) bond motifs is 1. The first-order valence-electron chi connectivity index (χ1n) is 7.75. The van der Waals surface area contributed by atoms with Gasteiger partial charge in [0.1, 0.15) is 11.5 Å². The molecule has 4 rings (SSSR count). The molecule has 0 radical (unpaired) electrons. The quantitative estimate of drug-likeness (QED) is 0.545. The molecule has 0 aliphatic carbocycles. The van der Waals surface area contributed by atoms with Crippen LogP contribution in [0.3, 0.4) is 0 Å². The van der Waals surface area contributed by atoms with Crippen LogP contribution in [0.5, 0.6) is 0 Å². The Hall–Kier alpha value is -3.54. The zero-order valence-electron chi connectivity index (χ0n) is 13.5. The van der Waals surface area contributed by atoms with E-state index in [2.05, 4.69) is 15.2 Å². The number of para-hydroxylation sites is 1. The molecule has 1 aliphatic rings. The van der Waals surface area contributed by atoms with Gasteiger partial charge in [0.15, 0.2) is 5.71 Å². The lowest BCUT2D eigenvalue weighted by molar-refractivity contribution is -0.111. The van der Waals surface area contributed by atoms with E-state index in [-0.39, 0.29) is 5.91 Å². The van der Waals surface area contributed by atoms with Crippen LogP contribution in [0.4, 0.5) is 11.4 Å². The van der Waals surface area contributed by atoms with Crippen LogP contribution < -0.4 is 4.90 Å². The highest BCUT2D eigenvalue weighted by Gasteiger charge is 2.34. The van der Waals surface area contributed by atoms with Gasteiger partial charge in [-0.05, 0) is 37.3 Å². The summed E-state index contributed by atoms with van der Waals surface area (Å²) >= 11 is 0. The Kier molecular flexibility index (Phi) is 3.70. The maximum atomic E-state index is 12.9. The van der Waals surface area contributed by atoms with Gasteiger partial charge in [0.05, 0.1) is 17.6 Å². The van der Waals surface area contributed by atoms with Crippen molar-refractivity contribution in [3.05, 3.63) is 78.0 Å². The molecule has 1 aromatic carbocycles. The number of carbonyl (C=O) groups is 1. The van der Waals surface area contributed by atoms with Crippen LogP contribution in [0.25, 0.3) is 0 Å². The normalized spacial score (nSPS) is 15.3. The lowest BCUT2D eigenvalue weighted by Gasteiger charge is -2.16. The summed E-state index contributed by atoms with van der Waals surface area (Å²) < 4.78 is 5.41. The predicted octanol–water partition coefficient (Wildman–Crippen LogP) is 3.48. The summed E-state index contributed by atoms with van der Waals surface area (Å²) in [4.78, 5) is 18.5. The maximum Gasteiger partial charge on any atom is 0.284 e. The van der Waals surface area contributed by atoms with E-state index in [9.17, 15) is 4.79 Å². The van der Waals surface area contributed by atoms with Gasteiger partial charge in [-0.1, -0.05) is 18.2 Å². The first-order chi connectivity index (χ1) is 12.2. The molecule has 2 aromatic heterocycles. The monoisotopic (exact) mass is 330 g/mol. The summed E-state index contributed by atoms with van der Waals surface area (Å²) in [6.45, 7) is 1.85. The average Bonchev–Trinajstić information content (AvgIpc) is 3.17. The standard InChI is InChI=1S/C19H14N4O2/c1-13-6-7-15(25-13)12-21-22-18-16-4-2-3-5-17(16)23(19(18)24)14-8-10-20-11-9-14/h2-12H,1H3/b21-12?,22-18-. The molecule has 1 aliphatic heterocycles. The van der Waals surface area contributed by atoms with Gasteiger partial charge in [-0.15, -0.1) is 5.10 Å². The Morgan fingerprint density at radius 3 is 2.64 bits per heavy atom. The molecule has 0 bridgehead atoms. The van der Waals surface area contributed by atoms with Crippen LogP contribution in [0.1, 0.15) is 17.1 Å². The molecular weight excluding hydrogens is 316 g/mol. The number of anilines is 2. The van der Waals surface area contributed by atoms with Crippen molar-refractivity contribution in [2.45, 2.75) is 6.92 Å². The third kappa shape index (κ3) is 2.74. The molecule has 0 spiro atoms. The Balaban J connectivity index is 1.73. The summed E-state index contributed by atoms with van der Waals surface area (Å²) in [7, 11) is 0. The van der Waals surface area contributed by atoms with Crippen molar-refractivity contribution in [2.75, 3.05) is 4.90 Å². The number of amides is 1. The summed E-state index contributed by atoms with van der Waals surface area (Å²) in [5.74, 6) is 1.16. The molecule has 0 unspecified atom stereocenters. The Labute approximate surface area is 144 Å². The molecule has 0 atom stereocenters. The zero-order valence-corrected chi connectivity index (χ0v) is 13.5. The summed E-state index contributed by atoms with van der Waals surface area (Å²) in [6, 6.07) is 14.7. The molecule has 0 saturated carbocycles. The predicted molar refractivity (Wildman–Crippen MR) is 95.4 cm³/mol. The third-order valence-electron chi connectivity index (χ3n) is 3.83. The van der Waals surface area contributed by atoms with Crippen LogP contribution in [-0.2, 0) is 4.79 Å². The van der Waals surface area contributed by atoms with Gasteiger partial charge in [-0.25, -0.2) is 0 Å². The number of benzene rings is 1. The van der Waals surface area contributed by atoms with Crippen LogP contribution in [0, 0.1) is 6.92 Å². The fraction of sp³-hybridized carbons (Fsp3) is 0.0526. The topological polar surface area (TPSA) is 71.1 Å². The fourth-order valence-electron chi connectivity index (χ4n) is 2.71. The number of hydrogen-bond donors (Lipinski definition) is 0. The van der Waals surface area contributed by atoms with Crippen molar-refractivity contribution in [3.63, 3.8) is 0 Å². The van der Waals surface area contributed by atoms with E-state index >= 15 is 0 Å². The highest BCUT2D eigenvalue weighted by molar-refractivity contribution is 6.55. The molecular formula is C19H14N4O2. The first kappa shape index (κ1) is 15.0. The minimum atomic E-state index is -0.222. The lowest BCUT2D eigenvalue weighted by Crippen LogP contribution is -2.25. The average molecular weight is 330 g/mol. The maximum absolute atomic E-state index is 12.9. The van der Waals surface area contributed by atoms with Gasteiger partial charge in [-0.3, -0.25) is 14.7 Å². The molecule has 0 fully saturated rings. The van der Waals surface area contributed by atoms with Crippen LogP contribution in [0.15, 0.2) is 75.5 Å². The van der Waals surface area contributed by atoms with Crippen molar-refractivity contribution in [1.29, 1.82) is 0 Å². The van der Waals surface area contributed by atoms with Gasteiger partial charge in [0.2, 0.25) is 0 Å². The number of aromatic nitrogens is 1. The fourth-order valence-corrected chi connectivity index (χ4v) is 2.71. The summed E-state index contributed by atoms with van der Waals surface area (Å²) in [6.07, 6.45) is 4.79. The highest BCUT2D eigenvalue weighted by atomic mass is 16.3. The van der Waals surface area contributed by atoms with Gasteiger partial charge in [0, 0.05) is 18.0 Å². The van der Waals surface area contributed by atoms with E-state index in [1.54, 1.807) is 35.5 Å². The summed E-state index contributed by atoms with van der Waals surface area (Å²) in [5, 5.41) is 8.17. The minimum Gasteiger partial charge on any atom is -0.460 e. The molecule has 6 heteroatoms. The molecule has 25 heavy (non-hydrogen) atoms. The van der Waals surface area contributed by atoms with Crippen LogP contribution >= 0.6 is 0 Å². The number of carbonyl (C=O) groups excluding carboxylic acids is 1.